The molecule has 3 heteroatoms. The topological polar surface area (TPSA) is 20.2 Å². The predicted molar refractivity (Wildman–Crippen MR) is 47.4 cm³/mol. The molecule has 10 heavy (non-hydrogen) atoms. The molecule has 0 aromatic carbocycles. The van der Waals surface area contributed by atoms with Crippen LogP contribution in [0.2, 0.25) is 0 Å². The molecule has 0 unspecified atom stereocenters. The fourth-order valence-electron chi connectivity index (χ4n) is 0.873. The normalized spacial score (nSPS) is 13.6. The summed E-state index contributed by atoms with van der Waals surface area (Å²) >= 11 is 5.01. The summed E-state index contributed by atoms with van der Waals surface area (Å²) in [5, 5.41) is 9.20. The van der Waals surface area contributed by atoms with E-state index in [0.717, 1.165) is 9.35 Å². The van der Waals surface area contributed by atoms with Crippen molar-refractivity contribution < 1.29 is 5.11 Å². The number of aliphatic hydroxyl groups excluding tert-OH is 1. The van der Waals surface area contributed by atoms with Crippen molar-refractivity contribution in [2.45, 2.75) is 20.0 Å². The van der Waals surface area contributed by atoms with Crippen molar-refractivity contribution >= 4 is 27.3 Å². The van der Waals surface area contributed by atoms with Crippen LogP contribution in [0, 0.1) is 6.92 Å². The smallest absolute Gasteiger partial charge is 0.0772 e. The molecule has 1 nitrogen and oxygen atoms in total. The highest BCUT2D eigenvalue weighted by atomic mass is 79.9. The fourth-order valence-corrected chi connectivity index (χ4v) is 2.67. The van der Waals surface area contributed by atoms with E-state index in [1.165, 1.54) is 4.88 Å². The molecule has 1 N–H and O–H groups in total. The number of halogens is 1. The van der Waals surface area contributed by atoms with Gasteiger partial charge in [-0.15, -0.1) is 11.3 Å². The van der Waals surface area contributed by atoms with E-state index in [4.69, 9.17) is 0 Å². The van der Waals surface area contributed by atoms with Crippen LogP contribution in [-0.4, -0.2) is 5.11 Å². The Hall–Kier alpha value is 0.140. The van der Waals surface area contributed by atoms with E-state index in [2.05, 4.69) is 15.9 Å². The lowest BCUT2D eigenvalue weighted by molar-refractivity contribution is 0.199. The minimum absolute atomic E-state index is 0.345. The van der Waals surface area contributed by atoms with Crippen LogP contribution < -0.4 is 0 Å². The van der Waals surface area contributed by atoms with Crippen LogP contribution in [0.25, 0.3) is 0 Å². The Bertz CT molecular complexity index is 230. The van der Waals surface area contributed by atoms with Crippen LogP contribution in [0.15, 0.2) is 9.85 Å². The Labute approximate surface area is 72.8 Å². The molecule has 0 saturated heterocycles. The molecule has 0 aliphatic carbocycles. The number of aryl methyl sites for hydroxylation is 1. The lowest BCUT2D eigenvalue weighted by Gasteiger charge is -2.00. The molecule has 1 heterocycles. The summed E-state index contributed by atoms with van der Waals surface area (Å²) in [6, 6.07) is 1.96. The Balaban J connectivity index is 3.03. The molecule has 1 rings (SSSR count). The molecular formula is C7H9BrOS. The van der Waals surface area contributed by atoms with Crippen molar-refractivity contribution in [2.24, 2.45) is 0 Å². The van der Waals surface area contributed by atoms with Gasteiger partial charge in [-0.2, -0.15) is 0 Å². The third-order valence-corrected chi connectivity index (χ3v) is 2.95. The molecule has 56 valence electrons. The Morgan fingerprint density at radius 3 is 2.50 bits per heavy atom. The molecule has 1 aromatic heterocycles. The second kappa shape index (κ2) is 3.03. The number of rotatable bonds is 1. The number of aliphatic hydroxyl groups is 1. The first-order chi connectivity index (χ1) is 4.61. The summed E-state index contributed by atoms with van der Waals surface area (Å²) in [6.07, 6.45) is -0.345. The quantitative estimate of drug-likeness (QED) is 0.773. The van der Waals surface area contributed by atoms with Gasteiger partial charge in [0.15, 0.2) is 0 Å². The van der Waals surface area contributed by atoms with Crippen LogP contribution in [-0.2, 0) is 0 Å². The van der Waals surface area contributed by atoms with Gasteiger partial charge in [-0.3, -0.25) is 0 Å². The average Bonchev–Trinajstić information content (AvgIpc) is 2.10. The molecule has 0 bridgehead atoms. The summed E-state index contributed by atoms with van der Waals surface area (Å²) in [7, 11) is 0. The molecule has 1 aromatic rings. The van der Waals surface area contributed by atoms with Gasteiger partial charge in [0.2, 0.25) is 0 Å². The van der Waals surface area contributed by atoms with Gasteiger partial charge >= 0.3 is 0 Å². The maximum atomic E-state index is 9.20. The second-order valence-corrected chi connectivity index (χ2v) is 4.87. The lowest BCUT2D eigenvalue weighted by Crippen LogP contribution is -1.88. The predicted octanol–water partition coefficient (Wildman–Crippen LogP) is 2.87. The van der Waals surface area contributed by atoms with Gasteiger partial charge < -0.3 is 5.11 Å². The van der Waals surface area contributed by atoms with Gasteiger partial charge in [-0.1, -0.05) is 0 Å². The molecule has 0 fully saturated rings. The van der Waals surface area contributed by atoms with Crippen molar-refractivity contribution in [2.75, 3.05) is 0 Å². The van der Waals surface area contributed by atoms with Crippen LogP contribution in [0.3, 0.4) is 0 Å². The molecule has 0 aliphatic rings. The summed E-state index contributed by atoms with van der Waals surface area (Å²) < 4.78 is 1.08. The van der Waals surface area contributed by atoms with E-state index in [1.807, 2.05) is 13.0 Å². The maximum Gasteiger partial charge on any atom is 0.0772 e. The molecule has 0 radical (unpaired) electrons. The van der Waals surface area contributed by atoms with E-state index >= 15 is 0 Å². The van der Waals surface area contributed by atoms with Crippen LogP contribution in [0.5, 0.6) is 0 Å². The van der Waals surface area contributed by atoms with Gasteiger partial charge in [0.1, 0.15) is 0 Å². The van der Waals surface area contributed by atoms with Crippen LogP contribution in [0.1, 0.15) is 23.5 Å². The summed E-state index contributed by atoms with van der Waals surface area (Å²) in [5.41, 5.74) is 1.02. The van der Waals surface area contributed by atoms with Crippen molar-refractivity contribution in [3.05, 3.63) is 20.3 Å². The molecule has 0 saturated carbocycles. The first-order valence-electron chi connectivity index (χ1n) is 3.05. The third-order valence-electron chi connectivity index (χ3n) is 1.38. The zero-order valence-electron chi connectivity index (χ0n) is 5.89. The SMILES string of the molecule is Cc1sc(Br)cc1[C@H](C)O. The van der Waals surface area contributed by atoms with Gasteiger partial charge in [-0.25, -0.2) is 0 Å². The summed E-state index contributed by atoms with van der Waals surface area (Å²) in [4.78, 5) is 1.18. The molecule has 1 atom stereocenters. The summed E-state index contributed by atoms with van der Waals surface area (Å²) in [6.45, 7) is 3.79. The van der Waals surface area contributed by atoms with E-state index in [0.29, 0.717) is 0 Å². The van der Waals surface area contributed by atoms with Crippen molar-refractivity contribution in [3.8, 4) is 0 Å². The Morgan fingerprint density at radius 1 is 1.70 bits per heavy atom. The number of hydrogen-bond donors (Lipinski definition) is 1. The zero-order valence-corrected chi connectivity index (χ0v) is 8.29. The maximum absolute atomic E-state index is 9.20. The zero-order chi connectivity index (χ0) is 7.72. The molecular weight excluding hydrogens is 212 g/mol. The van der Waals surface area contributed by atoms with E-state index in [1.54, 1.807) is 18.3 Å². The van der Waals surface area contributed by atoms with Gasteiger partial charge in [-0.05, 0) is 41.4 Å². The highest BCUT2D eigenvalue weighted by molar-refractivity contribution is 9.11. The largest absolute Gasteiger partial charge is 0.389 e. The third kappa shape index (κ3) is 1.59. The van der Waals surface area contributed by atoms with E-state index < -0.39 is 0 Å². The lowest BCUT2D eigenvalue weighted by atomic mass is 10.2. The first kappa shape index (κ1) is 8.24. The van der Waals surface area contributed by atoms with Crippen LogP contribution in [0.4, 0.5) is 0 Å². The van der Waals surface area contributed by atoms with Gasteiger partial charge in [0.05, 0.1) is 9.89 Å². The first-order valence-corrected chi connectivity index (χ1v) is 4.66. The van der Waals surface area contributed by atoms with Crippen LogP contribution >= 0.6 is 27.3 Å². The van der Waals surface area contributed by atoms with Gasteiger partial charge in [0, 0.05) is 4.88 Å². The summed E-state index contributed by atoms with van der Waals surface area (Å²) in [5.74, 6) is 0. The fraction of sp³-hybridized carbons (Fsp3) is 0.429. The molecule has 0 aliphatic heterocycles. The molecule has 0 spiro atoms. The number of hydrogen-bond acceptors (Lipinski definition) is 2. The van der Waals surface area contributed by atoms with Gasteiger partial charge in [0.25, 0.3) is 0 Å². The van der Waals surface area contributed by atoms with E-state index in [9.17, 15) is 5.11 Å². The monoisotopic (exact) mass is 220 g/mol. The standard InChI is InChI=1S/C7H9BrOS/c1-4(9)6-3-7(8)10-5(6)2/h3-4,9H,1-2H3/t4-/m0/s1. The molecule has 0 amide bonds. The average molecular weight is 221 g/mol. The van der Waals surface area contributed by atoms with E-state index in [-0.39, 0.29) is 6.10 Å². The Morgan fingerprint density at radius 2 is 2.30 bits per heavy atom. The van der Waals surface area contributed by atoms with Crippen molar-refractivity contribution in [1.82, 2.24) is 0 Å². The second-order valence-electron chi connectivity index (χ2n) is 2.24. The van der Waals surface area contributed by atoms with Crippen molar-refractivity contribution in [3.63, 3.8) is 0 Å². The number of thiophene rings is 1. The minimum Gasteiger partial charge on any atom is -0.389 e. The highest BCUT2D eigenvalue weighted by Crippen LogP contribution is 2.29. The Kier molecular flexibility index (Phi) is 2.50. The van der Waals surface area contributed by atoms with Crippen molar-refractivity contribution in [1.29, 1.82) is 0 Å². The minimum atomic E-state index is -0.345. The highest BCUT2D eigenvalue weighted by Gasteiger charge is 2.07.